The van der Waals surface area contributed by atoms with Gasteiger partial charge in [0.05, 0.1) is 6.07 Å². The van der Waals surface area contributed by atoms with Crippen LogP contribution >= 0.6 is 0 Å². The molecule has 0 saturated carbocycles. The third-order valence-electron chi connectivity index (χ3n) is 1.55. The van der Waals surface area contributed by atoms with Crippen LogP contribution in [-0.4, -0.2) is 9.97 Å². The van der Waals surface area contributed by atoms with Gasteiger partial charge in [-0.2, -0.15) is 5.26 Å². The normalized spacial score (nSPS) is 12.0. The van der Waals surface area contributed by atoms with Gasteiger partial charge >= 0.3 is 0 Å². The molecule has 3 nitrogen and oxygen atoms in total. The van der Waals surface area contributed by atoms with Crippen LogP contribution in [-0.2, 0) is 0 Å². The summed E-state index contributed by atoms with van der Waals surface area (Å²) in [7, 11) is 0. The van der Waals surface area contributed by atoms with Gasteiger partial charge in [0.2, 0.25) is 0 Å². The van der Waals surface area contributed by atoms with Crippen molar-refractivity contribution in [2.45, 2.75) is 19.3 Å². The van der Waals surface area contributed by atoms with Crippen LogP contribution in [0.4, 0.5) is 0 Å². The Morgan fingerprint density at radius 3 is 2.73 bits per heavy atom. The molecule has 0 saturated heterocycles. The first kappa shape index (κ1) is 7.67. The second-order valence-electron chi connectivity index (χ2n) is 2.44. The van der Waals surface area contributed by atoms with Gasteiger partial charge in [-0.3, -0.25) is 0 Å². The van der Waals surface area contributed by atoms with Crippen LogP contribution in [0.15, 0.2) is 18.7 Å². The summed E-state index contributed by atoms with van der Waals surface area (Å²) in [4.78, 5) is 7.73. The van der Waals surface area contributed by atoms with Crippen molar-refractivity contribution in [3.8, 4) is 6.07 Å². The molecule has 1 aromatic rings. The van der Waals surface area contributed by atoms with Crippen molar-refractivity contribution in [3.05, 3.63) is 24.3 Å². The van der Waals surface area contributed by atoms with Crippen LogP contribution in [0.25, 0.3) is 0 Å². The molecular weight excluding hydrogens is 138 g/mol. The highest BCUT2D eigenvalue weighted by molar-refractivity contribution is 5.10. The lowest BCUT2D eigenvalue weighted by atomic mass is 10.0. The fourth-order valence-electron chi connectivity index (χ4n) is 0.820. The number of nitriles is 1. The van der Waals surface area contributed by atoms with Gasteiger partial charge in [0.25, 0.3) is 0 Å². The van der Waals surface area contributed by atoms with Crippen molar-refractivity contribution in [3.63, 3.8) is 0 Å². The molecule has 0 amide bonds. The van der Waals surface area contributed by atoms with Gasteiger partial charge in [-0.15, -0.1) is 0 Å². The van der Waals surface area contributed by atoms with Crippen LogP contribution in [0.3, 0.4) is 0 Å². The average Bonchev–Trinajstić information content (AvgIpc) is 2.07. The third kappa shape index (κ3) is 2.01. The predicted octanol–water partition coefficient (Wildman–Crippen LogP) is 1.49. The number of rotatable bonds is 2. The van der Waals surface area contributed by atoms with Gasteiger partial charge in [0.1, 0.15) is 6.33 Å². The monoisotopic (exact) mass is 147 g/mol. The van der Waals surface area contributed by atoms with E-state index in [0.717, 1.165) is 5.56 Å². The van der Waals surface area contributed by atoms with Gasteiger partial charge in [-0.25, -0.2) is 9.97 Å². The molecule has 0 radical (unpaired) electrons. The summed E-state index contributed by atoms with van der Waals surface area (Å²) < 4.78 is 0. The maximum Gasteiger partial charge on any atom is 0.115 e. The van der Waals surface area contributed by atoms with E-state index in [-0.39, 0.29) is 5.92 Å². The molecule has 0 fully saturated rings. The quantitative estimate of drug-likeness (QED) is 0.636. The van der Waals surface area contributed by atoms with E-state index in [0.29, 0.717) is 6.42 Å². The molecule has 1 heterocycles. The number of hydrogen-bond donors (Lipinski definition) is 0. The molecule has 1 rings (SSSR count). The van der Waals surface area contributed by atoms with Crippen LogP contribution < -0.4 is 0 Å². The van der Waals surface area contributed by atoms with Gasteiger partial charge in [0.15, 0.2) is 0 Å². The summed E-state index contributed by atoms with van der Waals surface area (Å²) in [5.74, 6) is 0.237. The average molecular weight is 147 g/mol. The van der Waals surface area contributed by atoms with Gasteiger partial charge in [-0.05, 0) is 11.5 Å². The second-order valence-corrected chi connectivity index (χ2v) is 2.44. The second kappa shape index (κ2) is 3.67. The molecular formula is C8H9N3. The van der Waals surface area contributed by atoms with Crippen molar-refractivity contribution in [2.24, 2.45) is 0 Å². The van der Waals surface area contributed by atoms with Crippen molar-refractivity contribution in [1.29, 1.82) is 5.26 Å². The topological polar surface area (TPSA) is 49.6 Å². The zero-order valence-corrected chi connectivity index (χ0v) is 6.36. The SMILES string of the molecule is CC(CC#N)c1cncnc1. The summed E-state index contributed by atoms with van der Waals surface area (Å²) in [5, 5.41) is 8.41. The lowest BCUT2D eigenvalue weighted by Gasteiger charge is -2.03. The van der Waals surface area contributed by atoms with Crippen molar-refractivity contribution in [1.82, 2.24) is 9.97 Å². The van der Waals surface area contributed by atoms with Crippen LogP contribution in [0, 0.1) is 11.3 Å². The van der Waals surface area contributed by atoms with E-state index in [4.69, 9.17) is 5.26 Å². The van der Waals surface area contributed by atoms with E-state index in [2.05, 4.69) is 16.0 Å². The fourth-order valence-corrected chi connectivity index (χ4v) is 0.820. The highest BCUT2D eigenvalue weighted by atomic mass is 14.8. The van der Waals surface area contributed by atoms with Crippen LogP contribution in [0.5, 0.6) is 0 Å². The Hall–Kier alpha value is -1.43. The minimum absolute atomic E-state index is 0.237. The lowest BCUT2D eigenvalue weighted by molar-refractivity contribution is 0.776. The first-order valence-corrected chi connectivity index (χ1v) is 3.46. The van der Waals surface area contributed by atoms with E-state index in [1.54, 1.807) is 12.4 Å². The molecule has 3 heteroatoms. The summed E-state index contributed by atoms with van der Waals surface area (Å²) in [6, 6.07) is 2.11. The molecule has 0 spiro atoms. The van der Waals surface area contributed by atoms with Gasteiger partial charge in [0, 0.05) is 18.8 Å². The van der Waals surface area contributed by atoms with Crippen LogP contribution in [0.1, 0.15) is 24.8 Å². The Morgan fingerprint density at radius 2 is 2.18 bits per heavy atom. The van der Waals surface area contributed by atoms with Crippen molar-refractivity contribution >= 4 is 0 Å². The maximum atomic E-state index is 8.41. The molecule has 11 heavy (non-hydrogen) atoms. The highest BCUT2D eigenvalue weighted by Crippen LogP contribution is 2.15. The molecule has 0 N–H and O–H groups in total. The third-order valence-corrected chi connectivity index (χ3v) is 1.55. The summed E-state index contributed by atoms with van der Waals surface area (Å²) in [5.41, 5.74) is 1.02. The zero-order chi connectivity index (χ0) is 8.10. The first-order valence-electron chi connectivity index (χ1n) is 3.46. The van der Waals surface area contributed by atoms with E-state index >= 15 is 0 Å². The van der Waals surface area contributed by atoms with Crippen molar-refractivity contribution < 1.29 is 0 Å². The van der Waals surface area contributed by atoms with E-state index < -0.39 is 0 Å². The maximum absolute atomic E-state index is 8.41. The standard InChI is InChI=1S/C8H9N3/c1-7(2-3-9)8-4-10-6-11-5-8/h4-7H,2H2,1H3. The lowest BCUT2D eigenvalue weighted by Crippen LogP contribution is -1.93. The van der Waals surface area contributed by atoms with E-state index in [9.17, 15) is 0 Å². The molecule has 0 aliphatic rings. The highest BCUT2D eigenvalue weighted by Gasteiger charge is 2.03. The van der Waals surface area contributed by atoms with Gasteiger partial charge in [-0.1, -0.05) is 6.92 Å². The Labute approximate surface area is 65.7 Å². The largest absolute Gasteiger partial charge is 0.245 e. The molecule has 1 atom stereocenters. The van der Waals surface area contributed by atoms with Gasteiger partial charge < -0.3 is 0 Å². The number of nitrogens with zero attached hydrogens (tertiary/aromatic N) is 3. The summed E-state index contributed by atoms with van der Waals surface area (Å²) in [6.45, 7) is 1.99. The molecule has 56 valence electrons. The molecule has 1 unspecified atom stereocenters. The first-order chi connectivity index (χ1) is 5.34. The number of aromatic nitrogens is 2. The molecule has 0 aliphatic carbocycles. The zero-order valence-electron chi connectivity index (χ0n) is 6.36. The van der Waals surface area contributed by atoms with E-state index in [1.807, 2.05) is 6.92 Å². The van der Waals surface area contributed by atoms with Crippen molar-refractivity contribution in [2.75, 3.05) is 0 Å². The minimum atomic E-state index is 0.237. The Morgan fingerprint density at radius 1 is 1.55 bits per heavy atom. The van der Waals surface area contributed by atoms with Crippen LogP contribution in [0.2, 0.25) is 0 Å². The Bertz CT molecular complexity index is 250. The number of hydrogen-bond acceptors (Lipinski definition) is 3. The molecule has 0 aromatic carbocycles. The molecule has 1 aromatic heterocycles. The summed E-state index contributed by atoms with van der Waals surface area (Å²) in [6.07, 6.45) is 5.50. The Balaban J connectivity index is 2.70. The predicted molar refractivity (Wildman–Crippen MR) is 40.7 cm³/mol. The Kier molecular flexibility index (Phi) is 2.56. The minimum Gasteiger partial charge on any atom is -0.245 e. The smallest absolute Gasteiger partial charge is 0.115 e. The summed E-state index contributed by atoms with van der Waals surface area (Å²) >= 11 is 0. The molecule has 0 aliphatic heterocycles. The van der Waals surface area contributed by atoms with E-state index in [1.165, 1.54) is 6.33 Å². The fraction of sp³-hybridized carbons (Fsp3) is 0.375. The molecule has 0 bridgehead atoms.